The normalized spacial score (nSPS) is 12.8. The molecule has 0 aromatic rings. The van der Waals surface area contributed by atoms with Crippen LogP contribution in [0.1, 0.15) is 12.8 Å². The minimum atomic E-state index is -1.34. The Morgan fingerprint density at radius 1 is 0.714 bits per heavy atom. The molecule has 0 aliphatic rings. The van der Waals surface area contributed by atoms with Crippen molar-refractivity contribution in [3.05, 3.63) is 0 Å². The molecule has 11 heteroatoms. The third kappa shape index (κ3) is 11.2. The fourth-order valence-electron chi connectivity index (χ4n) is 1.34. The minimum absolute atomic E-state index is 0. The van der Waals surface area contributed by atoms with Gasteiger partial charge in [-0.1, -0.05) is 0 Å². The molecule has 0 spiro atoms. The Morgan fingerprint density at radius 3 is 1.19 bits per heavy atom. The summed E-state index contributed by atoms with van der Waals surface area (Å²) in [5, 5.41) is 39.2. The van der Waals surface area contributed by atoms with Crippen LogP contribution in [-0.4, -0.2) is 99.0 Å². The van der Waals surface area contributed by atoms with E-state index in [1.807, 2.05) is 0 Å². The average Bonchev–Trinajstić information content (AvgIpc) is 2.29. The topological polar surface area (TPSA) is 173 Å². The van der Waals surface area contributed by atoms with Gasteiger partial charge in [-0.2, -0.15) is 0 Å². The summed E-state index contributed by atoms with van der Waals surface area (Å²) in [6, 6.07) is -2.59. The van der Waals surface area contributed by atoms with Gasteiger partial charge in [0, 0.05) is 42.6 Å². The third-order valence-electron chi connectivity index (χ3n) is 2.26. The van der Waals surface area contributed by atoms with E-state index in [0.717, 1.165) is 0 Å². The molecular formula is C10H16N2NaO8. The van der Waals surface area contributed by atoms with Crippen molar-refractivity contribution < 1.29 is 39.6 Å². The van der Waals surface area contributed by atoms with Gasteiger partial charge in [0.1, 0.15) is 12.1 Å². The van der Waals surface area contributed by atoms with E-state index < -0.39 is 48.8 Å². The van der Waals surface area contributed by atoms with Gasteiger partial charge in [-0.15, -0.1) is 0 Å². The van der Waals surface area contributed by atoms with Crippen LogP contribution >= 0.6 is 0 Å². The summed E-state index contributed by atoms with van der Waals surface area (Å²) < 4.78 is 0. The summed E-state index contributed by atoms with van der Waals surface area (Å²) in [5.41, 5.74) is 0. The summed E-state index contributed by atoms with van der Waals surface area (Å²) in [7, 11) is 0. The molecule has 0 rings (SSSR count). The van der Waals surface area contributed by atoms with Gasteiger partial charge in [0.2, 0.25) is 0 Å². The van der Waals surface area contributed by atoms with Crippen LogP contribution < -0.4 is 10.6 Å². The SMILES string of the molecule is O=C(O)C[C@H](NCCN[C@@H](CC(=O)O)C(=O)O)C(=O)O.[Na]. The van der Waals surface area contributed by atoms with Gasteiger partial charge < -0.3 is 31.1 Å². The molecule has 0 saturated carbocycles. The average molecular weight is 315 g/mol. The number of carbonyl (C=O) groups is 4. The van der Waals surface area contributed by atoms with Crippen molar-refractivity contribution in [2.24, 2.45) is 0 Å². The van der Waals surface area contributed by atoms with Crippen LogP contribution in [0.3, 0.4) is 0 Å². The van der Waals surface area contributed by atoms with Crippen LogP contribution in [0.5, 0.6) is 0 Å². The van der Waals surface area contributed by atoms with Crippen molar-refractivity contribution >= 4 is 53.4 Å². The minimum Gasteiger partial charge on any atom is -0.481 e. The zero-order valence-electron chi connectivity index (χ0n) is 11.4. The second-order valence-electron chi connectivity index (χ2n) is 3.89. The molecular weight excluding hydrogens is 299 g/mol. The first-order chi connectivity index (χ1) is 9.23. The molecule has 0 aliphatic carbocycles. The van der Waals surface area contributed by atoms with Crippen LogP contribution in [0, 0.1) is 0 Å². The summed E-state index contributed by atoms with van der Waals surface area (Å²) in [4.78, 5) is 42.2. The Hall–Kier alpha value is -1.20. The predicted molar refractivity (Wildman–Crippen MR) is 69.1 cm³/mol. The Balaban J connectivity index is 0. The molecule has 0 aliphatic heterocycles. The van der Waals surface area contributed by atoms with E-state index in [-0.39, 0.29) is 42.6 Å². The second kappa shape index (κ2) is 11.5. The largest absolute Gasteiger partial charge is 0.481 e. The molecule has 0 aromatic carbocycles. The molecule has 0 amide bonds. The summed E-state index contributed by atoms with van der Waals surface area (Å²) in [5.74, 6) is -5.25. The third-order valence-corrected chi connectivity index (χ3v) is 2.26. The van der Waals surface area contributed by atoms with Crippen molar-refractivity contribution in [2.45, 2.75) is 24.9 Å². The van der Waals surface area contributed by atoms with Gasteiger partial charge in [-0.05, 0) is 0 Å². The fourth-order valence-corrected chi connectivity index (χ4v) is 1.34. The maximum absolute atomic E-state index is 10.7. The van der Waals surface area contributed by atoms with Gasteiger partial charge in [0.05, 0.1) is 12.8 Å². The zero-order valence-corrected chi connectivity index (χ0v) is 13.4. The first-order valence-electron chi connectivity index (χ1n) is 5.60. The summed E-state index contributed by atoms with van der Waals surface area (Å²) in [6.45, 7) is -0.0404. The van der Waals surface area contributed by atoms with Crippen LogP contribution in [0.25, 0.3) is 0 Å². The Kier molecular flexibility index (Phi) is 12.1. The van der Waals surface area contributed by atoms with Gasteiger partial charge in [0.25, 0.3) is 0 Å². The molecule has 0 saturated heterocycles. The molecule has 2 atom stereocenters. The zero-order chi connectivity index (χ0) is 15.7. The number of nitrogens with one attached hydrogen (secondary N) is 2. The van der Waals surface area contributed by atoms with Crippen LogP contribution in [0.2, 0.25) is 0 Å². The molecule has 115 valence electrons. The number of rotatable bonds is 11. The monoisotopic (exact) mass is 315 g/mol. The Labute approximate surface area is 141 Å². The first kappa shape index (κ1) is 22.1. The van der Waals surface area contributed by atoms with E-state index in [2.05, 4.69) is 10.6 Å². The van der Waals surface area contributed by atoms with Crippen molar-refractivity contribution in [1.29, 1.82) is 0 Å². The van der Waals surface area contributed by atoms with Crippen molar-refractivity contribution in [1.82, 2.24) is 10.6 Å². The van der Waals surface area contributed by atoms with E-state index in [0.29, 0.717) is 0 Å². The molecule has 6 N–H and O–H groups in total. The second-order valence-corrected chi connectivity index (χ2v) is 3.89. The first-order valence-corrected chi connectivity index (χ1v) is 5.60. The smallest absolute Gasteiger partial charge is 0.321 e. The number of hydrogen-bond acceptors (Lipinski definition) is 6. The molecule has 0 heterocycles. The molecule has 10 nitrogen and oxygen atoms in total. The maximum Gasteiger partial charge on any atom is 0.321 e. The van der Waals surface area contributed by atoms with E-state index in [1.165, 1.54) is 0 Å². The molecule has 0 fully saturated rings. The molecule has 0 bridgehead atoms. The summed E-state index contributed by atoms with van der Waals surface area (Å²) in [6.07, 6.45) is -1.24. The quantitative estimate of drug-likeness (QED) is 0.179. The Morgan fingerprint density at radius 2 is 1.00 bits per heavy atom. The van der Waals surface area contributed by atoms with E-state index in [1.54, 1.807) is 0 Å². The number of carboxylic acid groups (broad SMARTS) is 4. The van der Waals surface area contributed by atoms with Gasteiger partial charge in [0.15, 0.2) is 0 Å². The maximum atomic E-state index is 10.7. The van der Waals surface area contributed by atoms with Crippen molar-refractivity contribution in [2.75, 3.05) is 13.1 Å². The fraction of sp³-hybridized carbons (Fsp3) is 0.600. The number of carboxylic acids is 4. The van der Waals surface area contributed by atoms with Crippen LogP contribution in [-0.2, 0) is 19.2 Å². The van der Waals surface area contributed by atoms with Gasteiger partial charge in [-0.25, -0.2) is 0 Å². The van der Waals surface area contributed by atoms with Gasteiger partial charge in [-0.3, -0.25) is 19.2 Å². The van der Waals surface area contributed by atoms with Crippen molar-refractivity contribution in [3.63, 3.8) is 0 Å². The predicted octanol–water partition coefficient (Wildman–Crippen LogP) is -2.36. The van der Waals surface area contributed by atoms with Crippen LogP contribution in [0.4, 0.5) is 0 Å². The van der Waals surface area contributed by atoms with Gasteiger partial charge >= 0.3 is 23.9 Å². The van der Waals surface area contributed by atoms with E-state index in [9.17, 15) is 19.2 Å². The van der Waals surface area contributed by atoms with E-state index in [4.69, 9.17) is 20.4 Å². The molecule has 0 unspecified atom stereocenters. The summed E-state index contributed by atoms with van der Waals surface area (Å²) >= 11 is 0. The van der Waals surface area contributed by atoms with E-state index >= 15 is 0 Å². The standard InChI is InChI=1S/C10H16N2O8.Na/c13-7(14)3-5(9(17)18)11-1-2-12-6(10(19)20)4-8(15)16;/h5-6,11-12H,1-4H2,(H,13,14)(H,15,16)(H,17,18)(H,19,20);/t5-,6-;/m0./s1. The number of aliphatic carboxylic acids is 4. The molecule has 0 aromatic heterocycles. The number of hydrogen-bond donors (Lipinski definition) is 6. The Bertz CT molecular complexity index is 353. The molecule has 1 radical (unpaired) electrons. The van der Waals surface area contributed by atoms with Crippen molar-refractivity contribution in [3.8, 4) is 0 Å². The van der Waals surface area contributed by atoms with Crippen LogP contribution in [0.15, 0.2) is 0 Å². The molecule has 21 heavy (non-hydrogen) atoms.